The van der Waals surface area contributed by atoms with Crippen molar-refractivity contribution < 1.29 is 13.2 Å². The average Bonchev–Trinajstić information content (AvgIpc) is 2.64. The highest BCUT2D eigenvalue weighted by molar-refractivity contribution is 7.92. The maximum atomic E-state index is 12.3. The standard InChI is InChI=1S/C11H23NO3S/c1-5-12-8(2)10(4)16(13,14)11-6-7-15-9(11)3/h8-12H,5-7H2,1-4H3. The average molecular weight is 249 g/mol. The molecule has 1 N–H and O–H groups in total. The SMILES string of the molecule is CCNC(C)C(C)S(=O)(=O)C1CCOC1C. The van der Waals surface area contributed by atoms with Gasteiger partial charge in [-0.2, -0.15) is 0 Å². The van der Waals surface area contributed by atoms with Crippen LogP contribution in [-0.2, 0) is 14.6 Å². The van der Waals surface area contributed by atoms with Crippen molar-refractivity contribution in [2.75, 3.05) is 13.2 Å². The molecule has 1 saturated heterocycles. The first kappa shape index (κ1) is 13.9. The molecule has 0 aromatic carbocycles. The Morgan fingerprint density at radius 3 is 2.50 bits per heavy atom. The lowest BCUT2D eigenvalue weighted by Gasteiger charge is -2.25. The van der Waals surface area contributed by atoms with Crippen LogP contribution < -0.4 is 5.32 Å². The van der Waals surface area contributed by atoms with Crippen molar-refractivity contribution in [2.24, 2.45) is 0 Å². The summed E-state index contributed by atoms with van der Waals surface area (Å²) in [6, 6.07) is -0.0113. The van der Waals surface area contributed by atoms with Crippen LogP contribution in [0.3, 0.4) is 0 Å². The Hall–Kier alpha value is -0.130. The first-order valence-electron chi connectivity index (χ1n) is 5.99. The third kappa shape index (κ3) is 2.76. The van der Waals surface area contributed by atoms with Crippen LogP contribution in [0.15, 0.2) is 0 Å². The molecule has 0 aromatic rings. The molecule has 0 spiro atoms. The summed E-state index contributed by atoms with van der Waals surface area (Å²) in [5.41, 5.74) is 0. The summed E-state index contributed by atoms with van der Waals surface area (Å²) in [5.74, 6) is 0. The molecule has 0 saturated carbocycles. The molecule has 96 valence electrons. The number of ether oxygens (including phenoxy) is 1. The summed E-state index contributed by atoms with van der Waals surface area (Å²) in [4.78, 5) is 0. The Morgan fingerprint density at radius 2 is 2.06 bits per heavy atom. The van der Waals surface area contributed by atoms with Gasteiger partial charge in [0.25, 0.3) is 0 Å². The summed E-state index contributed by atoms with van der Waals surface area (Å²) in [6.07, 6.45) is 0.466. The molecule has 0 aliphatic carbocycles. The minimum Gasteiger partial charge on any atom is -0.377 e. The summed E-state index contributed by atoms with van der Waals surface area (Å²) in [5, 5.41) is 2.48. The zero-order valence-corrected chi connectivity index (χ0v) is 11.4. The topological polar surface area (TPSA) is 55.4 Å². The first-order valence-corrected chi connectivity index (χ1v) is 7.59. The quantitative estimate of drug-likeness (QED) is 0.788. The highest BCUT2D eigenvalue weighted by Gasteiger charge is 2.40. The molecule has 4 unspecified atom stereocenters. The maximum absolute atomic E-state index is 12.3. The number of rotatable bonds is 5. The van der Waals surface area contributed by atoms with Crippen molar-refractivity contribution in [1.82, 2.24) is 5.32 Å². The minimum absolute atomic E-state index is 0.0113. The highest BCUT2D eigenvalue weighted by atomic mass is 32.2. The van der Waals surface area contributed by atoms with E-state index in [4.69, 9.17) is 4.74 Å². The first-order chi connectivity index (χ1) is 7.41. The van der Waals surface area contributed by atoms with E-state index >= 15 is 0 Å². The van der Waals surface area contributed by atoms with Crippen LogP contribution in [-0.4, -0.2) is 44.2 Å². The Morgan fingerprint density at radius 1 is 1.44 bits per heavy atom. The Bertz CT molecular complexity index is 315. The summed E-state index contributed by atoms with van der Waals surface area (Å²) in [6.45, 7) is 8.89. The van der Waals surface area contributed by atoms with Gasteiger partial charge in [0.2, 0.25) is 0 Å². The van der Waals surface area contributed by atoms with Crippen molar-refractivity contribution in [3.05, 3.63) is 0 Å². The monoisotopic (exact) mass is 249 g/mol. The third-order valence-corrected chi connectivity index (χ3v) is 6.38. The second-order valence-electron chi connectivity index (χ2n) is 4.54. The highest BCUT2D eigenvalue weighted by Crippen LogP contribution is 2.25. The largest absolute Gasteiger partial charge is 0.377 e. The predicted octanol–water partition coefficient (Wildman–Crippen LogP) is 0.965. The van der Waals surface area contributed by atoms with Crippen molar-refractivity contribution in [2.45, 2.75) is 56.8 Å². The van der Waals surface area contributed by atoms with Gasteiger partial charge in [-0.1, -0.05) is 6.92 Å². The molecule has 1 aliphatic heterocycles. The molecular formula is C11H23NO3S. The van der Waals surface area contributed by atoms with Crippen molar-refractivity contribution in [3.8, 4) is 0 Å². The zero-order chi connectivity index (χ0) is 12.3. The van der Waals surface area contributed by atoms with E-state index in [1.54, 1.807) is 6.92 Å². The lowest BCUT2D eigenvalue weighted by molar-refractivity contribution is 0.126. The van der Waals surface area contributed by atoms with E-state index in [0.29, 0.717) is 13.0 Å². The molecule has 1 heterocycles. The van der Waals surface area contributed by atoms with Crippen LogP contribution in [0, 0.1) is 0 Å². The predicted molar refractivity (Wildman–Crippen MR) is 65.3 cm³/mol. The van der Waals surface area contributed by atoms with Gasteiger partial charge in [0.05, 0.1) is 16.6 Å². The van der Waals surface area contributed by atoms with Gasteiger partial charge in [-0.25, -0.2) is 8.42 Å². The molecule has 0 amide bonds. The van der Waals surface area contributed by atoms with Gasteiger partial charge in [-0.3, -0.25) is 0 Å². The lowest BCUT2D eigenvalue weighted by atomic mass is 10.2. The summed E-state index contributed by atoms with van der Waals surface area (Å²) in [7, 11) is -3.10. The van der Waals surface area contributed by atoms with Gasteiger partial charge in [0, 0.05) is 12.6 Å². The van der Waals surface area contributed by atoms with Crippen molar-refractivity contribution in [1.29, 1.82) is 0 Å². The van der Waals surface area contributed by atoms with Crippen molar-refractivity contribution in [3.63, 3.8) is 0 Å². The molecule has 5 heteroatoms. The Labute approximate surface area is 98.7 Å². The molecule has 0 radical (unpaired) electrons. The second kappa shape index (κ2) is 5.47. The number of sulfone groups is 1. The molecule has 1 fully saturated rings. The van der Waals surface area contributed by atoms with E-state index in [-0.39, 0.29) is 22.6 Å². The third-order valence-electron chi connectivity index (χ3n) is 3.48. The fourth-order valence-corrected chi connectivity index (χ4v) is 4.45. The summed E-state index contributed by atoms with van der Waals surface area (Å²) >= 11 is 0. The molecule has 1 aliphatic rings. The summed E-state index contributed by atoms with van der Waals surface area (Å²) < 4.78 is 30.0. The fourth-order valence-electron chi connectivity index (χ4n) is 2.19. The molecular weight excluding hydrogens is 226 g/mol. The van der Waals surface area contributed by atoms with Gasteiger partial charge < -0.3 is 10.1 Å². The smallest absolute Gasteiger partial charge is 0.159 e. The van der Waals surface area contributed by atoms with Crippen LogP contribution in [0.4, 0.5) is 0 Å². The Kier molecular flexibility index (Phi) is 4.76. The van der Waals surface area contributed by atoms with Gasteiger partial charge in [-0.05, 0) is 33.7 Å². The number of hydrogen-bond donors (Lipinski definition) is 1. The molecule has 0 aromatic heterocycles. The fraction of sp³-hybridized carbons (Fsp3) is 1.00. The minimum atomic E-state index is -3.10. The molecule has 4 nitrogen and oxygen atoms in total. The van der Waals surface area contributed by atoms with Crippen LogP contribution in [0.25, 0.3) is 0 Å². The Balaban J connectivity index is 2.76. The van der Waals surface area contributed by atoms with E-state index < -0.39 is 9.84 Å². The molecule has 0 bridgehead atoms. The van der Waals surface area contributed by atoms with E-state index in [9.17, 15) is 8.42 Å². The van der Waals surface area contributed by atoms with Gasteiger partial charge in [-0.15, -0.1) is 0 Å². The van der Waals surface area contributed by atoms with E-state index in [1.165, 1.54) is 0 Å². The molecule has 16 heavy (non-hydrogen) atoms. The zero-order valence-electron chi connectivity index (χ0n) is 10.6. The second-order valence-corrected chi connectivity index (χ2v) is 7.07. The van der Waals surface area contributed by atoms with Gasteiger partial charge >= 0.3 is 0 Å². The molecule has 1 rings (SSSR count). The van der Waals surface area contributed by atoms with E-state index in [2.05, 4.69) is 5.32 Å². The van der Waals surface area contributed by atoms with Crippen molar-refractivity contribution >= 4 is 9.84 Å². The lowest BCUT2D eigenvalue weighted by Crippen LogP contribution is -2.45. The van der Waals surface area contributed by atoms with Crippen LogP contribution >= 0.6 is 0 Å². The normalized spacial score (nSPS) is 30.2. The van der Waals surface area contributed by atoms with Crippen LogP contribution in [0.1, 0.15) is 34.1 Å². The van der Waals surface area contributed by atoms with E-state index in [0.717, 1.165) is 6.54 Å². The van der Waals surface area contributed by atoms with E-state index in [1.807, 2.05) is 20.8 Å². The van der Waals surface area contributed by atoms with Crippen LogP contribution in [0.2, 0.25) is 0 Å². The number of nitrogens with one attached hydrogen (secondary N) is 1. The maximum Gasteiger partial charge on any atom is 0.159 e. The number of hydrogen-bond acceptors (Lipinski definition) is 4. The van der Waals surface area contributed by atoms with Gasteiger partial charge in [0.1, 0.15) is 0 Å². The van der Waals surface area contributed by atoms with Gasteiger partial charge in [0.15, 0.2) is 9.84 Å². The molecule has 4 atom stereocenters. The van der Waals surface area contributed by atoms with Crippen LogP contribution in [0.5, 0.6) is 0 Å².